The van der Waals surface area contributed by atoms with Gasteiger partial charge in [0.15, 0.2) is 5.78 Å². The first-order valence-corrected chi connectivity index (χ1v) is 7.02. The Morgan fingerprint density at radius 3 is 2.76 bits per heavy atom. The standard InChI is InChI=1S/C17H17ClO3/c1-11-9-17(2,10-15(19)21-3)16(20)14(11)8-12-5-4-6-13(18)7-12/h4-9H,10H2,1-3H3/b14-8+/t17-/m1/s1. The fourth-order valence-electron chi connectivity index (χ4n) is 2.55. The number of Topliss-reactive ketones (excluding diaryl/α,β-unsaturated/α-hetero) is 1. The lowest BCUT2D eigenvalue weighted by atomic mass is 9.84. The van der Waals surface area contributed by atoms with Crippen LogP contribution >= 0.6 is 11.6 Å². The Morgan fingerprint density at radius 2 is 2.14 bits per heavy atom. The summed E-state index contributed by atoms with van der Waals surface area (Å²) in [4.78, 5) is 24.1. The van der Waals surface area contributed by atoms with Crippen molar-refractivity contribution in [3.05, 3.63) is 52.1 Å². The van der Waals surface area contributed by atoms with Gasteiger partial charge in [0.25, 0.3) is 0 Å². The summed E-state index contributed by atoms with van der Waals surface area (Å²) in [7, 11) is 1.32. The summed E-state index contributed by atoms with van der Waals surface area (Å²) in [6, 6.07) is 7.30. The second kappa shape index (κ2) is 5.86. The summed E-state index contributed by atoms with van der Waals surface area (Å²) in [5.74, 6) is -0.454. The van der Waals surface area contributed by atoms with E-state index in [4.69, 9.17) is 11.6 Å². The Bertz CT molecular complexity index is 658. The molecule has 0 fully saturated rings. The number of ether oxygens (including phenoxy) is 1. The molecule has 0 saturated carbocycles. The van der Waals surface area contributed by atoms with Crippen molar-refractivity contribution in [2.45, 2.75) is 20.3 Å². The average molecular weight is 305 g/mol. The first-order chi connectivity index (χ1) is 9.85. The molecular weight excluding hydrogens is 288 g/mol. The van der Waals surface area contributed by atoms with Crippen molar-refractivity contribution in [3.63, 3.8) is 0 Å². The van der Waals surface area contributed by atoms with Crippen LogP contribution in [0.5, 0.6) is 0 Å². The lowest BCUT2D eigenvalue weighted by molar-refractivity contribution is -0.144. The molecule has 0 N–H and O–H groups in total. The average Bonchev–Trinajstić information content (AvgIpc) is 2.62. The van der Waals surface area contributed by atoms with E-state index in [1.807, 2.05) is 31.2 Å². The third-order valence-electron chi connectivity index (χ3n) is 3.62. The molecule has 0 amide bonds. The molecule has 2 rings (SSSR count). The Hall–Kier alpha value is -1.87. The van der Waals surface area contributed by atoms with Crippen LogP contribution in [0, 0.1) is 5.41 Å². The van der Waals surface area contributed by atoms with Gasteiger partial charge in [0, 0.05) is 10.6 Å². The molecule has 110 valence electrons. The van der Waals surface area contributed by atoms with Crippen LogP contribution in [-0.2, 0) is 14.3 Å². The maximum Gasteiger partial charge on any atom is 0.306 e. The maximum absolute atomic E-state index is 12.6. The monoisotopic (exact) mass is 304 g/mol. The molecule has 0 heterocycles. The first-order valence-electron chi connectivity index (χ1n) is 6.64. The van der Waals surface area contributed by atoms with Crippen LogP contribution in [0.25, 0.3) is 6.08 Å². The van der Waals surface area contributed by atoms with Gasteiger partial charge in [0.1, 0.15) is 0 Å². The molecule has 0 aromatic heterocycles. The molecule has 1 aliphatic rings. The number of methoxy groups -OCH3 is 1. The zero-order chi connectivity index (χ0) is 15.6. The van der Waals surface area contributed by atoms with Crippen LogP contribution in [0.2, 0.25) is 5.02 Å². The van der Waals surface area contributed by atoms with Crippen molar-refractivity contribution in [2.24, 2.45) is 5.41 Å². The Morgan fingerprint density at radius 1 is 1.43 bits per heavy atom. The normalized spacial score (nSPS) is 23.3. The number of hydrogen-bond acceptors (Lipinski definition) is 3. The van der Waals surface area contributed by atoms with E-state index >= 15 is 0 Å². The summed E-state index contributed by atoms with van der Waals surface area (Å²) in [6.45, 7) is 3.63. The van der Waals surface area contributed by atoms with Crippen LogP contribution in [0.3, 0.4) is 0 Å². The number of carbonyl (C=O) groups is 2. The van der Waals surface area contributed by atoms with Gasteiger partial charge in [-0.1, -0.05) is 29.8 Å². The number of esters is 1. The van der Waals surface area contributed by atoms with Crippen LogP contribution in [0.4, 0.5) is 0 Å². The van der Waals surface area contributed by atoms with Gasteiger partial charge in [-0.15, -0.1) is 0 Å². The van der Waals surface area contributed by atoms with Gasteiger partial charge in [-0.25, -0.2) is 0 Å². The van der Waals surface area contributed by atoms with Gasteiger partial charge in [-0.05, 0) is 43.2 Å². The van der Waals surface area contributed by atoms with Crippen molar-refractivity contribution in [2.75, 3.05) is 7.11 Å². The van der Waals surface area contributed by atoms with E-state index in [2.05, 4.69) is 4.74 Å². The van der Waals surface area contributed by atoms with E-state index in [0.29, 0.717) is 10.6 Å². The van der Waals surface area contributed by atoms with E-state index in [0.717, 1.165) is 11.1 Å². The minimum atomic E-state index is -0.832. The van der Waals surface area contributed by atoms with Crippen LogP contribution in [0.1, 0.15) is 25.8 Å². The molecule has 1 atom stereocenters. The number of ketones is 1. The van der Waals surface area contributed by atoms with Gasteiger partial charge in [-0.3, -0.25) is 9.59 Å². The van der Waals surface area contributed by atoms with Crippen molar-refractivity contribution in [3.8, 4) is 0 Å². The Kier molecular flexibility index (Phi) is 4.33. The van der Waals surface area contributed by atoms with Crippen LogP contribution in [0.15, 0.2) is 41.5 Å². The quantitative estimate of drug-likeness (QED) is 0.630. The molecule has 1 aromatic carbocycles. The third-order valence-corrected chi connectivity index (χ3v) is 3.86. The predicted octanol–water partition coefficient (Wildman–Crippen LogP) is 3.82. The number of allylic oxidation sites excluding steroid dienone is 3. The third kappa shape index (κ3) is 3.24. The first kappa shape index (κ1) is 15.5. The second-order valence-corrected chi connectivity index (χ2v) is 5.88. The zero-order valence-corrected chi connectivity index (χ0v) is 13.0. The van der Waals surface area contributed by atoms with Gasteiger partial charge in [-0.2, -0.15) is 0 Å². The Balaban J connectivity index is 2.34. The van der Waals surface area contributed by atoms with Crippen molar-refractivity contribution < 1.29 is 14.3 Å². The molecular formula is C17H17ClO3. The van der Waals surface area contributed by atoms with Crippen molar-refractivity contribution >= 4 is 29.4 Å². The van der Waals surface area contributed by atoms with Crippen LogP contribution in [-0.4, -0.2) is 18.9 Å². The number of halogens is 1. The highest BCUT2D eigenvalue weighted by Gasteiger charge is 2.41. The predicted molar refractivity (Wildman–Crippen MR) is 82.9 cm³/mol. The molecule has 0 aliphatic heterocycles. The van der Waals surface area contributed by atoms with Gasteiger partial charge in [0.05, 0.1) is 18.9 Å². The molecule has 4 heteroatoms. The fourth-order valence-corrected chi connectivity index (χ4v) is 2.75. The SMILES string of the molecule is COC(=O)C[C@@]1(C)C=C(C)/C(=C\c2cccc(Cl)c2)C1=O. The van der Waals surface area contributed by atoms with Gasteiger partial charge < -0.3 is 4.74 Å². The molecule has 0 spiro atoms. The topological polar surface area (TPSA) is 43.4 Å². The molecule has 0 saturated heterocycles. The lowest BCUT2D eigenvalue weighted by Gasteiger charge is -2.18. The highest BCUT2D eigenvalue weighted by atomic mass is 35.5. The lowest BCUT2D eigenvalue weighted by Crippen LogP contribution is -2.26. The molecule has 21 heavy (non-hydrogen) atoms. The highest BCUT2D eigenvalue weighted by Crippen LogP contribution is 2.39. The van der Waals surface area contributed by atoms with E-state index in [1.165, 1.54) is 7.11 Å². The molecule has 0 unspecified atom stereocenters. The largest absolute Gasteiger partial charge is 0.469 e. The molecule has 0 bridgehead atoms. The smallest absolute Gasteiger partial charge is 0.306 e. The number of rotatable bonds is 3. The number of benzene rings is 1. The van der Waals surface area contributed by atoms with E-state index in [-0.39, 0.29) is 18.2 Å². The minimum absolute atomic E-state index is 0.0482. The molecule has 3 nitrogen and oxygen atoms in total. The number of carbonyl (C=O) groups excluding carboxylic acids is 2. The summed E-state index contributed by atoms with van der Waals surface area (Å²) < 4.78 is 4.67. The van der Waals surface area contributed by atoms with Crippen LogP contribution < -0.4 is 0 Å². The summed E-state index contributed by atoms with van der Waals surface area (Å²) >= 11 is 5.96. The van der Waals surface area contributed by atoms with Crippen molar-refractivity contribution in [1.29, 1.82) is 0 Å². The zero-order valence-electron chi connectivity index (χ0n) is 12.3. The fraction of sp³-hybridized carbons (Fsp3) is 0.294. The highest BCUT2D eigenvalue weighted by molar-refractivity contribution is 6.30. The summed E-state index contributed by atoms with van der Waals surface area (Å²) in [5.41, 5.74) is 1.51. The Labute approximate surface area is 129 Å². The maximum atomic E-state index is 12.6. The summed E-state index contributed by atoms with van der Waals surface area (Å²) in [5, 5.41) is 0.619. The van der Waals surface area contributed by atoms with E-state index < -0.39 is 5.41 Å². The van der Waals surface area contributed by atoms with E-state index in [9.17, 15) is 9.59 Å². The van der Waals surface area contributed by atoms with E-state index in [1.54, 1.807) is 19.1 Å². The molecule has 1 aromatic rings. The molecule has 0 radical (unpaired) electrons. The summed E-state index contributed by atoms with van der Waals surface area (Å²) in [6.07, 6.45) is 3.69. The van der Waals surface area contributed by atoms with Gasteiger partial charge in [0.2, 0.25) is 0 Å². The van der Waals surface area contributed by atoms with Gasteiger partial charge >= 0.3 is 5.97 Å². The number of hydrogen-bond donors (Lipinski definition) is 0. The van der Waals surface area contributed by atoms with Crippen molar-refractivity contribution in [1.82, 2.24) is 0 Å². The molecule has 1 aliphatic carbocycles. The second-order valence-electron chi connectivity index (χ2n) is 5.44. The minimum Gasteiger partial charge on any atom is -0.469 e.